The minimum atomic E-state index is -5.04. The van der Waals surface area contributed by atoms with E-state index in [1.54, 1.807) is 48.5 Å². The molecule has 248 valence electrons. The summed E-state index contributed by atoms with van der Waals surface area (Å²) in [6.45, 7) is 0. The molecule has 2 aliphatic rings. The van der Waals surface area contributed by atoms with Crippen LogP contribution in [-0.2, 0) is 0 Å². The second-order valence-electron chi connectivity index (χ2n) is 11.0. The van der Waals surface area contributed by atoms with Gasteiger partial charge >= 0.3 is 12.7 Å². The number of ether oxygens (including phenoxy) is 2. The van der Waals surface area contributed by atoms with Crippen LogP contribution in [0.3, 0.4) is 0 Å². The van der Waals surface area contributed by atoms with Crippen molar-refractivity contribution in [1.29, 1.82) is 31.6 Å². The highest BCUT2D eigenvalue weighted by molar-refractivity contribution is 6.38. The molecule has 0 saturated heterocycles. The lowest BCUT2D eigenvalue weighted by molar-refractivity contribution is -0.275. The van der Waals surface area contributed by atoms with E-state index in [0.29, 0.717) is 55.7 Å². The number of halogens is 6. The molecule has 0 fully saturated rings. The van der Waals surface area contributed by atoms with Crippen LogP contribution in [0, 0.1) is 68.0 Å². The summed E-state index contributed by atoms with van der Waals surface area (Å²) in [6, 6.07) is 27.2. The molecule has 0 heterocycles. The maximum absolute atomic E-state index is 12.9. The van der Waals surface area contributed by atoms with Crippen LogP contribution >= 0.6 is 0 Å². The third-order valence-electron chi connectivity index (χ3n) is 8.13. The molecule has 0 saturated carbocycles. The Kier molecular flexibility index (Phi) is 8.26. The molecule has 6 rings (SSSR count). The first-order valence-corrected chi connectivity index (χ1v) is 14.5. The van der Waals surface area contributed by atoms with Gasteiger partial charge in [0, 0.05) is 22.3 Å². The van der Waals surface area contributed by atoms with Crippen molar-refractivity contribution in [1.82, 2.24) is 0 Å². The second-order valence-corrected chi connectivity index (χ2v) is 11.0. The van der Waals surface area contributed by atoms with Crippen LogP contribution in [0.25, 0.3) is 44.5 Å². The van der Waals surface area contributed by atoms with Gasteiger partial charge < -0.3 is 9.47 Å². The first-order valence-electron chi connectivity index (χ1n) is 14.5. The Morgan fingerprint density at radius 3 is 1.08 bits per heavy atom. The predicted molar refractivity (Wildman–Crippen MR) is 170 cm³/mol. The van der Waals surface area contributed by atoms with Gasteiger partial charge in [0.2, 0.25) is 0 Å². The van der Waals surface area contributed by atoms with E-state index in [-0.39, 0.29) is 22.3 Å². The van der Waals surface area contributed by atoms with Crippen molar-refractivity contribution in [2.24, 2.45) is 0 Å². The molecule has 0 atom stereocenters. The molecule has 0 bridgehead atoms. The summed E-state index contributed by atoms with van der Waals surface area (Å²) < 4.78 is 85.2. The van der Waals surface area contributed by atoms with Crippen LogP contribution in [0.4, 0.5) is 26.3 Å². The average molecular weight is 699 g/mol. The van der Waals surface area contributed by atoms with Crippen molar-refractivity contribution in [3.63, 3.8) is 0 Å². The first-order chi connectivity index (χ1) is 24.7. The zero-order chi connectivity index (χ0) is 37.5. The quantitative estimate of drug-likeness (QED) is 0.151. The zero-order valence-corrected chi connectivity index (χ0v) is 25.7. The lowest BCUT2D eigenvalue weighted by Crippen LogP contribution is -2.17. The Morgan fingerprint density at radius 1 is 0.442 bits per heavy atom. The minimum absolute atomic E-state index is 0.147. The molecule has 8 nitrogen and oxygen atoms in total. The number of nitrogens with zero attached hydrogens (tertiary/aromatic N) is 6. The number of rotatable bonds is 4. The Balaban J connectivity index is 1.54. The number of benzene rings is 4. The summed E-state index contributed by atoms with van der Waals surface area (Å²) in [5, 5.41) is 59.2. The van der Waals surface area contributed by atoms with Crippen LogP contribution in [0.2, 0.25) is 0 Å². The van der Waals surface area contributed by atoms with E-state index in [2.05, 4.69) is 9.47 Å². The van der Waals surface area contributed by atoms with Crippen LogP contribution in [0.15, 0.2) is 83.9 Å². The highest BCUT2D eigenvalue weighted by Crippen LogP contribution is 2.59. The van der Waals surface area contributed by atoms with Gasteiger partial charge in [-0.1, -0.05) is 36.4 Å². The Labute approximate surface area is 289 Å². The van der Waals surface area contributed by atoms with Crippen LogP contribution in [0.1, 0.15) is 33.4 Å². The van der Waals surface area contributed by atoms with Gasteiger partial charge in [0.1, 0.15) is 59.1 Å². The van der Waals surface area contributed by atoms with Crippen molar-refractivity contribution in [2.45, 2.75) is 12.7 Å². The Morgan fingerprint density at radius 2 is 0.769 bits per heavy atom. The second kappa shape index (κ2) is 12.6. The van der Waals surface area contributed by atoms with Gasteiger partial charge in [-0.3, -0.25) is 0 Å². The highest BCUT2D eigenvalue weighted by atomic mass is 19.4. The fourth-order valence-electron chi connectivity index (χ4n) is 6.17. The van der Waals surface area contributed by atoms with E-state index < -0.39 is 35.4 Å². The summed E-state index contributed by atoms with van der Waals surface area (Å²) in [5.74, 6) is -1.42. The van der Waals surface area contributed by atoms with E-state index in [1.807, 2.05) is 24.3 Å². The molecule has 0 N–H and O–H groups in total. The Bertz CT molecular complexity index is 2410. The molecule has 0 unspecified atom stereocenters. The van der Waals surface area contributed by atoms with Gasteiger partial charge in [0.15, 0.2) is 0 Å². The summed E-state index contributed by atoms with van der Waals surface area (Å²) in [4.78, 5) is 0. The van der Waals surface area contributed by atoms with Gasteiger partial charge in [-0.25, -0.2) is 0 Å². The summed E-state index contributed by atoms with van der Waals surface area (Å²) in [7, 11) is 0. The van der Waals surface area contributed by atoms with E-state index in [9.17, 15) is 57.9 Å². The van der Waals surface area contributed by atoms with Crippen molar-refractivity contribution < 1.29 is 35.8 Å². The van der Waals surface area contributed by atoms with Crippen LogP contribution in [0.5, 0.6) is 11.5 Å². The number of fused-ring (bicyclic) bond motifs is 4. The third-order valence-corrected chi connectivity index (χ3v) is 8.13. The van der Waals surface area contributed by atoms with Gasteiger partial charge in [0.25, 0.3) is 0 Å². The van der Waals surface area contributed by atoms with Crippen molar-refractivity contribution in [2.75, 3.05) is 0 Å². The van der Waals surface area contributed by atoms with Crippen LogP contribution in [-0.4, -0.2) is 12.7 Å². The maximum Gasteiger partial charge on any atom is 0.573 e. The number of hydrogen-bond donors (Lipinski definition) is 0. The fourth-order valence-corrected chi connectivity index (χ4v) is 6.17. The molecule has 0 amide bonds. The lowest BCUT2D eigenvalue weighted by Gasteiger charge is -2.16. The molecule has 2 aliphatic carbocycles. The Hall–Kier alpha value is -7.78. The smallest absolute Gasteiger partial charge is 0.404 e. The number of nitriles is 6. The normalized spacial score (nSPS) is 12.5. The molecule has 14 heteroatoms. The molecule has 4 aromatic rings. The summed E-state index contributed by atoms with van der Waals surface area (Å²) in [6.07, 6.45) is -10.1. The fraction of sp³-hybridized carbons (Fsp3) is 0.0526. The molecule has 0 aromatic heterocycles. The standard InChI is InChI=1S/C38H12F6N6O2/c39-37(40,41)51-31-7-3-19(9-23(31)13-45)21-1-5-27-29(11-21)33(25(15-47)16-48)36-28-6-2-22(12-30(28)34(35(27)36)26(17-49)18-50)20-4-8-32(24(10-20)14-46)52-38(42,43)44/h1-12H. The zero-order valence-electron chi connectivity index (χ0n) is 25.7. The summed E-state index contributed by atoms with van der Waals surface area (Å²) in [5.41, 5.74) is 2.33. The third kappa shape index (κ3) is 5.90. The van der Waals surface area contributed by atoms with E-state index in [4.69, 9.17) is 0 Å². The predicted octanol–water partition coefficient (Wildman–Crippen LogP) is 9.10. The van der Waals surface area contributed by atoms with Gasteiger partial charge in [-0.05, 0) is 80.9 Å². The van der Waals surface area contributed by atoms with Gasteiger partial charge in [0.05, 0.1) is 11.1 Å². The largest absolute Gasteiger partial charge is 0.573 e. The first kappa shape index (κ1) is 34.1. The maximum atomic E-state index is 12.9. The van der Waals surface area contributed by atoms with Gasteiger partial charge in [-0.15, -0.1) is 26.3 Å². The van der Waals surface area contributed by atoms with E-state index in [0.717, 1.165) is 12.1 Å². The van der Waals surface area contributed by atoms with Crippen molar-refractivity contribution in [3.8, 4) is 70.2 Å². The average Bonchev–Trinajstić information content (AvgIpc) is 3.60. The molecular weight excluding hydrogens is 686 g/mol. The highest BCUT2D eigenvalue weighted by Gasteiger charge is 2.40. The summed E-state index contributed by atoms with van der Waals surface area (Å²) >= 11 is 0. The van der Waals surface area contributed by atoms with Crippen molar-refractivity contribution in [3.05, 3.63) is 117 Å². The molecule has 0 aliphatic heterocycles. The van der Waals surface area contributed by atoms with E-state index in [1.165, 1.54) is 24.3 Å². The number of allylic oxidation sites excluding steroid dienone is 6. The lowest BCUT2D eigenvalue weighted by atomic mass is 9.87. The molecule has 52 heavy (non-hydrogen) atoms. The monoisotopic (exact) mass is 698 g/mol. The molecular formula is C38H12F6N6O2. The van der Waals surface area contributed by atoms with E-state index >= 15 is 0 Å². The number of alkyl halides is 6. The van der Waals surface area contributed by atoms with Crippen molar-refractivity contribution >= 4 is 22.3 Å². The number of hydrogen-bond acceptors (Lipinski definition) is 8. The van der Waals surface area contributed by atoms with Gasteiger partial charge in [-0.2, -0.15) is 31.6 Å². The van der Waals surface area contributed by atoms with Crippen LogP contribution < -0.4 is 9.47 Å². The topological polar surface area (TPSA) is 161 Å². The molecule has 4 aromatic carbocycles. The minimum Gasteiger partial charge on any atom is -0.404 e. The molecule has 0 spiro atoms. The SMILES string of the molecule is N#CC(C#N)=C1C2=C(C(=C(C#N)C#N)c3cc(-c4ccc(OC(F)(F)F)c(C#N)c4)ccc32)c2ccc(-c3ccc(OC(F)(F)F)c(C#N)c3)cc21. The molecule has 0 radical (unpaired) electrons.